The van der Waals surface area contributed by atoms with Crippen molar-refractivity contribution in [2.45, 2.75) is 70.7 Å². The number of nitrogens with zero attached hydrogens (tertiary/aromatic N) is 2. The van der Waals surface area contributed by atoms with E-state index in [0.29, 0.717) is 24.5 Å². The van der Waals surface area contributed by atoms with E-state index in [0.717, 1.165) is 17.8 Å². The van der Waals surface area contributed by atoms with E-state index >= 15 is 0 Å². The molecule has 2 aromatic rings. The van der Waals surface area contributed by atoms with Crippen molar-refractivity contribution in [2.24, 2.45) is 0 Å². The van der Waals surface area contributed by atoms with Gasteiger partial charge in [-0.2, -0.15) is 0 Å². The van der Waals surface area contributed by atoms with Gasteiger partial charge in [-0.1, -0.05) is 56.3 Å². The summed E-state index contributed by atoms with van der Waals surface area (Å²) in [6, 6.07) is 16.4. The summed E-state index contributed by atoms with van der Waals surface area (Å²) in [6.45, 7) is 11.3. The van der Waals surface area contributed by atoms with E-state index in [-0.39, 0.29) is 5.97 Å². The van der Waals surface area contributed by atoms with Crippen LogP contribution in [0.25, 0.3) is 0 Å². The van der Waals surface area contributed by atoms with Crippen molar-refractivity contribution in [2.75, 3.05) is 11.4 Å². The summed E-state index contributed by atoms with van der Waals surface area (Å²) in [5.41, 5.74) is 3.48. The lowest BCUT2D eigenvalue weighted by Gasteiger charge is -2.37. The minimum absolute atomic E-state index is 0.368. The van der Waals surface area contributed by atoms with Gasteiger partial charge in [0.05, 0.1) is 16.7 Å². The van der Waals surface area contributed by atoms with Gasteiger partial charge in [0.2, 0.25) is 0 Å². The van der Waals surface area contributed by atoms with Crippen molar-refractivity contribution >= 4 is 17.7 Å². The van der Waals surface area contributed by atoms with Gasteiger partial charge in [0, 0.05) is 19.3 Å². The fraction of sp³-hybridized carbons (Fsp3) is 0.429. The van der Waals surface area contributed by atoms with Gasteiger partial charge in [-0.25, -0.2) is 14.5 Å². The largest absolute Gasteiger partial charge is 0.443 e. The van der Waals surface area contributed by atoms with E-state index < -0.39 is 23.3 Å². The highest BCUT2D eigenvalue weighted by Crippen LogP contribution is 2.57. The summed E-state index contributed by atoms with van der Waals surface area (Å²) < 4.78 is 11.6. The summed E-state index contributed by atoms with van der Waals surface area (Å²) in [5.74, 6) is 0.125. The maximum atomic E-state index is 13.2. The third kappa shape index (κ3) is 3.56. The minimum atomic E-state index is -0.731. The molecule has 1 amide bonds. The standard InChI is InChI=1S/C28H32N2O4/c1-18(2)20-12-10-19(11-13-20)16-29-15-14-28-21-8-6-7-9-23(21)30(26(32)34-27(3,4)5)25(28)33-24(31)22(28)17-29/h6-13,17-18,25H,14-16H2,1-5H3. The van der Waals surface area contributed by atoms with Crippen molar-refractivity contribution in [3.05, 3.63) is 77.0 Å². The molecule has 6 heteroatoms. The Morgan fingerprint density at radius 2 is 1.85 bits per heavy atom. The van der Waals surface area contributed by atoms with Crippen molar-refractivity contribution in [1.82, 2.24) is 4.90 Å². The molecule has 34 heavy (non-hydrogen) atoms. The Hall–Kier alpha value is -3.28. The molecular weight excluding hydrogens is 428 g/mol. The normalized spacial score (nSPS) is 23.3. The van der Waals surface area contributed by atoms with Gasteiger partial charge in [-0.15, -0.1) is 0 Å². The molecule has 178 valence electrons. The number of fused-ring (bicyclic) bond motifs is 1. The van der Waals surface area contributed by atoms with Gasteiger partial charge < -0.3 is 14.4 Å². The highest BCUT2D eigenvalue weighted by Gasteiger charge is 2.65. The molecule has 2 unspecified atom stereocenters. The Bertz CT molecular complexity index is 1160. The summed E-state index contributed by atoms with van der Waals surface area (Å²) >= 11 is 0. The van der Waals surface area contributed by atoms with Crippen LogP contribution in [0.1, 0.15) is 63.6 Å². The molecule has 2 atom stereocenters. The zero-order valence-corrected chi connectivity index (χ0v) is 20.5. The van der Waals surface area contributed by atoms with Gasteiger partial charge in [0.1, 0.15) is 5.60 Å². The molecule has 0 N–H and O–H groups in total. The Kier molecular flexibility index (Phi) is 5.23. The molecule has 1 saturated heterocycles. The molecule has 3 heterocycles. The molecule has 5 rings (SSSR count). The Morgan fingerprint density at radius 1 is 1.15 bits per heavy atom. The number of rotatable bonds is 3. The van der Waals surface area contributed by atoms with Crippen molar-refractivity contribution in [1.29, 1.82) is 0 Å². The van der Waals surface area contributed by atoms with Crippen LogP contribution in [-0.2, 0) is 26.2 Å². The minimum Gasteiger partial charge on any atom is -0.443 e. The van der Waals surface area contributed by atoms with Crippen LogP contribution in [0.5, 0.6) is 0 Å². The highest BCUT2D eigenvalue weighted by atomic mass is 16.6. The summed E-state index contributed by atoms with van der Waals surface area (Å²) in [7, 11) is 0. The van der Waals surface area contributed by atoms with Crippen molar-refractivity contribution in [3.63, 3.8) is 0 Å². The second-order valence-electron chi connectivity index (χ2n) is 10.8. The maximum absolute atomic E-state index is 13.2. The van der Waals surface area contributed by atoms with Crippen LogP contribution in [0, 0.1) is 0 Å². The first-order valence-electron chi connectivity index (χ1n) is 12.0. The number of hydrogen-bond acceptors (Lipinski definition) is 5. The monoisotopic (exact) mass is 460 g/mol. The van der Waals surface area contributed by atoms with E-state index in [2.05, 4.69) is 43.0 Å². The maximum Gasteiger partial charge on any atom is 0.417 e. The molecule has 3 aliphatic rings. The average Bonchev–Trinajstić information content (AvgIpc) is 3.20. The van der Waals surface area contributed by atoms with E-state index in [9.17, 15) is 9.59 Å². The van der Waals surface area contributed by atoms with Crippen LogP contribution in [0.2, 0.25) is 0 Å². The number of anilines is 1. The van der Waals surface area contributed by atoms with Crippen LogP contribution in [0.3, 0.4) is 0 Å². The predicted octanol–water partition coefficient (Wildman–Crippen LogP) is 5.48. The molecule has 1 fully saturated rings. The summed E-state index contributed by atoms with van der Waals surface area (Å²) in [6.07, 6.45) is 1.39. The number of para-hydroxylation sites is 1. The lowest BCUT2D eigenvalue weighted by atomic mass is 9.72. The van der Waals surface area contributed by atoms with Crippen molar-refractivity contribution in [3.8, 4) is 0 Å². The molecular formula is C28H32N2O4. The van der Waals surface area contributed by atoms with E-state index in [4.69, 9.17) is 9.47 Å². The highest BCUT2D eigenvalue weighted by molar-refractivity contribution is 6.02. The SMILES string of the molecule is CC(C)c1ccc(CN2C=C3C(=O)OC4N(C(=O)OC(C)(C)C)c5ccccc5C34CC2)cc1. The molecule has 6 nitrogen and oxygen atoms in total. The van der Waals surface area contributed by atoms with E-state index in [1.165, 1.54) is 16.0 Å². The third-order valence-corrected chi connectivity index (χ3v) is 6.95. The fourth-order valence-corrected chi connectivity index (χ4v) is 5.32. The molecule has 0 aliphatic carbocycles. The first kappa shape index (κ1) is 22.5. The number of carbonyl (C=O) groups excluding carboxylic acids is 2. The van der Waals surface area contributed by atoms with Gasteiger partial charge >= 0.3 is 12.1 Å². The van der Waals surface area contributed by atoms with Crippen LogP contribution in [0.15, 0.2) is 60.3 Å². The number of esters is 1. The lowest BCUT2D eigenvalue weighted by Crippen LogP contribution is -2.49. The Morgan fingerprint density at radius 3 is 2.53 bits per heavy atom. The molecule has 0 saturated carbocycles. The number of carbonyl (C=O) groups is 2. The molecule has 3 aliphatic heterocycles. The third-order valence-electron chi connectivity index (χ3n) is 6.95. The van der Waals surface area contributed by atoms with Gasteiger partial charge in [0.25, 0.3) is 0 Å². The fourth-order valence-electron chi connectivity index (χ4n) is 5.32. The molecule has 0 aromatic heterocycles. The molecule has 1 spiro atoms. The number of hydrogen-bond donors (Lipinski definition) is 0. The number of amides is 1. The average molecular weight is 461 g/mol. The zero-order valence-electron chi connectivity index (χ0n) is 20.5. The van der Waals surface area contributed by atoms with Gasteiger partial charge in [0.15, 0.2) is 6.23 Å². The first-order valence-corrected chi connectivity index (χ1v) is 12.0. The summed E-state index contributed by atoms with van der Waals surface area (Å²) in [4.78, 5) is 30.0. The molecule has 0 bridgehead atoms. The van der Waals surface area contributed by atoms with Gasteiger partial charge in [-0.3, -0.25) is 0 Å². The Labute approximate surface area is 201 Å². The van der Waals surface area contributed by atoms with E-state index in [1.807, 2.05) is 51.2 Å². The molecule has 2 aromatic carbocycles. The lowest BCUT2D eigenvalue weighted by molar-refractivity contribution is -0.139. The van der Waals surface area contributed by atoms with Crippen LogP contribution in [-0.4, -0.2) is 35.3 Å². The van der Waals surface area contributed by atoms with E-state index in [1.54, 1.807) is 0 Å². The Balaban J connectivity index is 1.48. The topological polar surface area (TPSA) is 59.1 Å². The second kappa shape index (κ2) is 7.90. The predicted molar refractivity (Wildman–Crippen MR) is 130 cm³/mol. The number of ether oxygens (including phenoxy) is 2. The van der Waals surface area contributed by atoms with Gasteiger partial charge in [-0.05, 0) is 55.9 Å². The number of benzene rings is 2. The second-order valence-corrected chi connectivity index (χ2v) is 10.8. The smallest absolute Gasteiger partial charge is 0.417 e. The molecule has 0 radical (unpaired) electrons. The van der Waals surface area contributed by atoms with Crippen LogP contribution in [0.4, 0.5) is 10.5 Å². The first-order chi connectivity index (χ1) is 16.1. The summed E-state index contributed by atoms with van der Waals surface area (Å²) in [5, 5.41) is 0. The van der Waals surface area contributed by atoms with Crippen molar-refractivity contribution < 1.29 is 19.1 Å². The van der Waals surface area contributed by atoms with Crippen LogP contribution >= 0.6 is 0 Å². The van der Waals surface area contributed by atoms with Crippen LogP contribution < -0.4 is 4.90 Å². The quantitative estimate of drug-likeness (QED) is 0.568. The zero-order chi connectivity index (χ0) is 24.3.